The Balaban J connectivity index is 1.52. The van der Waals surface area contributed by atoms with E-state index in [0.29, 0.717) is 11.0 Å². The molecule has 1 aliphatic heterocycles. The lowest BCUT2D eigenvalue weighted by Gasteiger charge is -2.34. The lowest BCUT2D eigenvalue weighted by molar-refractivity contribution is -0.121. The molecule has 1 atom stereocenters. The summed E-state index contributed by atoms with van der Waals surface area (Å²) in [6, 6.07) is 1.91. The number of nitrogens with one attached hydrogen (secondary N) is 2. The Morgan fingerprint density at radius 3 is 2.90 bits per heavy atom. The minimum absolute atomic E-state index is 0.0185. The zero-order valence-corrected chi connectivity index (χ0v) is 12.8. The number of amides is 1. The van der Waals surface area contributed by atoms with Gasteiger partial charge in [0.25, 0.3) is 0 Å². The van der Waals surface area contributed by atoms with Gasteiger partial charge >= 0.3 is 0 Å². The van der Waals surface area contributed by atoms with Crippen molar-refractivity contribution < 1.29 is 4.79 Å². The van der Waals surface area contributed by atoms with Crippen molar-refractivity contribution in [1.29, 1.82) is 0 Å². The largest absolute Gasteiger partial charge is 0.301 e. The molecule has 0 bridgehead atoms. The molecule has 21 heavy (non-hydrogen) atoms. The summed E-state index contributed by atoms with van der Waals surface area (Å²) in [6.45, 7) is 3.81. The van der Waals surface area contributed by atoms with E-state index in [1.807, 2.05) is 18.4 Å². The zero-order valence-electron chi connectivity index (χ0n) is 12.0. The van der Waals surface area contributed by atoms with Crippen molar-refractivity contribution in [1.82, 2.24) is 20.1 Å². The number of hydrogen-bond acceptors (Lipinski definition) is 5. The molecule has 2 N–H and O–H groups in total. The Hall–Kier alpha value is -1.73. The Kier molecular flexibility index (Phi) is 4.31. The molecule has 6 nitrogen and oxygen atoms in total. The Morgan fingerprint density at radius 1 is 1.48 bits per heavy atom. The van der Waals surface area contributed by atoms with Crippen LogP contribution < -0.4 is 5.32 Å². The average molecular weight is 305 g/mol. The molecule has 2 aromatic heterocycles. The molecule has 1 aliphatic rings. The zero-order chi connectivity index (χ0) is 14.7. The summed E-state index contributed by atoms with van der Waals surface area (Å²) in [4.78, 5) is 18.5. The Labute approximate surface area is 127 Å². The van der Waals surface area contributed by atoms with E-state index < -0.39 is 0 Å². The van der Waals surface area contributed by atoms with Gasteiger partial charge in [-0.1, -0.05) is 0 Å². The summed E-state index contributed by atoms with van der Waals surface area (Å²) < 4.78 is 0. The normalized spacial score (nSPS) is 18.5. The third-order valence-electron chi connectivity index (χ3n) is 4.08. The fraction of sp³-hybridized carbons (Fsp3) is 0.500. The first kappa shape index (κ1) is 14.2. The van der Waals surface area contributed by atoms with Gasteiger partial charge in [-0.05, 0) is 38.9 Å². The molecule has 0 aromatic carbocycles. The minimum atomic E-state index is -0.128. The van der Waals surface area contributed by atoms with Gasteiger partial charge in [-0.3, -0.25) is 14.8 Å². The molecule has 7 heteroatoms. The number of carbonyl (C=O) groups is 1. The second kappa shape index (κ2) is 6.36. The van der Waals surface area contributed by atoms with Gasteiger partial charge in [0, 0.05) is 29.4 Å². The fourth-order valence-corrected chi connectivity index (χ4v) is 3.28. The number of nitrogens with zero attached hydrogens (tertiary/aromatic N) is 3. The summed E-state index contributed by atoms with van der Waals surface area (Å²) in [7, 11) is 0. The average Bonchev–Trinajstić information content (AvgIpc) is 3.20. The van der Waals surface area contributed by atoms with E-state index in [2.05, 4.69) is 25.4 Å². The number of aromatic amines is 1. The third kappa shape index (κ3) is 3.30. The SMILES string of the molecule is CC(C(=O)Nc1nccs1)N1CCC(c2ccn[nH]2)CC1. The lowest BCUT2D eigenvalue weighted by Crippen LogP contribution is -2.45. The van der Waals surface area contributed by atoms with Crippen LogP contribution in [-0.2, 0) is 4.79 Å². The van der Waals surface area contributed by atoms with Gasteiger partial charge in [0.15, 0.2) is 5.13 Å². The maximum Gasteiger partial charge on any atom is 0.243 e. The number of anilines is 1. The Bertz CT molecular complexity index is 560. The number of hydrogen-bond donors (Lipinski definition) is 2. The number of likely N-dealkylation sites (tertiary alicyclic amines) is 1. The molecule has 1 amide bonds. The molecular weight excluding hydrogens is 286 g/mol. The fourth-order valence-electron chi connectivity index (χ4n) is 2.75. The van der Waals surface area contributed by atoms with Crippen LogP contribution in [0.1, 0.15) is 31.4 Å². The number of aromatic nitrogens is 3. The van der Waals surface area contributed by atoms with Crippen LogP contribution in [0.2, 0.25) is 0 Å². The minimum Gasteiger partial charge on any atom is -0.301 e. The van der Waals surface area contributed by atoms with Gasteiger partial charge in [-0.15, -0.1) is 11.3 Å². The molecule has 112 valence electrons. The van der Waals surface area contributed by atoms with Crippen molar-refractivity contribution in [3.8, 4) is 0 Å². The van der Waals surface area contributed by atoms with Gasteiger partial charge < -0.3 is 5.32 Å². The van der Waals surface area contributed by atoms with Crippen molar-refractivity contribution in [3.63, 3.8) is 0 Å². The predicted octanol–water partition coefficient (Wildman–Crippen LogP) is 2.07. The quantitative estimate of drug-likeness (QED) is 0.907. The van der Waals surface area contributed by atoms with Crippen LogP contribution in [0.25, 0.3) is 0 Å². The molecule has 1 fully saturated rings. The van der Waals surface area contributed by atoms with Crippen molar-refractivity contribution in [2.75, 3.05) is 18.4 Å². The molecule has 1 unspecified atom stereocenters. The summed E-state index contributed by atoms with van der Waals surface area (Å²) in [6.07, 6.45) is 5.60. The van der Waals surface area contributed by atoms with Gasteiger partial charge in [-0.25, -0.2) is 4.98 Å². The van der Waals surface area contributed by atoms with Crippen LogP contribution in [0.5, 0.6) is 0 Å². The standard InChI is InChI=1S/C14H19N5OS/c1-10(13(20)17-14-15-6-9-21-14)19-7-3-11(4-8-19)12-2-5-16-18-12/h2,5-6,9-11H,3-4,7-8H2,1H3,(H,16,18)(H,15,17,20). The second-order valence-corrected chi connectivity index (χ2v) is 6.22. The molecule has 0 aliphatic carbocycles. The highest BCUT2D eigenvalue weighted by atomic mass is 32.1. The predicted molar refractivity (Wildman–Crippen MR) is 82.3 cm³/mol. The first-order chi connectivity index (χ1) is 10.2. The van der Waals surface area contributed by atoms with E-state index in [0.717, 1.165) is 25.9 Å². The lowest BCUT2D eigenvalue weighted by atomic mass is 9.93. The van der Waals surface area contributed by atoms with E-state index in [1.165, 1.54) is 17.0 Å². The van der Waals surface area contributed by atoms with Crippen molar-refractivity contribution in [2.24, 2.45) is 0 Å². The summed E-state index contributed by atoms with van der Waals surface area (Å²) in [5, 5.41) is 12.5. The first-order valence-electron chi connectivity index (χ1n) is 7.17. The molecule has 0 radical (unpaired) electrons. The molecule has 3 heterocycles. The van der Waals surface area contributed by atoms with Crippen LogP contribution in [-0.4, -0.2) is 45.1 Å². The molecular formula is C14H19N5OS. The van der Waals surface area contributed by atoms with Crippen LogP contribution in [0.3, 0.4) is 0 Å². The molecule has 3 rings (SSSR count). The third-order valence-corrected chi connectivity index (χ3v) is 4.77. The maximum absolute atomic E-state index is 12.2. The smallest absolute Gasteiger partial charge is 0.243 e. The van der Waals surface area contributed by atoms with Gasteiger partial charge in [0.05, 0.1) is 6.04 Å². The van der Waals surface area contributed by atoms with E-state index in [-0.39, 0.29) is 11.9 Å². The monoisotopic (exact) mass is 305 g/mol. The van der Waals surface area contributed by atoms with Gasteiger partial charge in [-0.2, -0.15) is 5.10 Å². The van der Waals surface area contributed by atoms with Crippen LogP contribution in [0.15, 0.2) is 23.8 Å². The van der Waals surface area contributed by atoms with E-state index in [9.17, 15) is 4.79 Å². The number of H-pyrrole nitrogens is 1. The first-order valence-corrected chi connectivity index (χ1v) is 8.05. The highest BCUT2D eigenvalue weighted by Gasteiger charge is 2.27. The molecule has 2 aromatic rings. The molecule has 0 spiro atoms. The van der Waals surface area contributed by atoms with Crippen LogP contribution >= 0.6 is 11.3 Å². The number of thiazole rings is 1. The van der Waals surface area contributed by atoms with Gasteiger partial charge in [0.1, 0.15) is 0 Å². The van der Waals surface area contributed by atoms with Crippen LogP contribution in [0.4, 0.5) is 5.13 Å². The number of piperidine rings is 1. The van der Waals surface area contributed by atoms with E-state index in [1.54, 1.807) is 12.4 Å². The van der Waals surface area contributed by atoms with E-state index in [4.69, 9.17) is 0 Å². The van der Waals surface area contributed by atoms with Crippen LogP contribution in [0, 0.1) is 0 Å². The van der Waals surface area contributed by atoms with Gasteiger partial charge in [0.2, 0.25) is 5.91 Å². The number of rotatable bonds is 4. The van der Waals surface area contributed by atoms with Crippen molar-refractivity contribution in [2.45, 2.75) is 31.7 Å². The summed E-state index contributed by atoms with van der Waals surface area (Å²) in [5.41, 5.74) is 1.20. The highest BCUT2D eigenvalue weighted by Crippen LogP contribution is 2.27. The second-order valence-electron chi connectivity index (χ2n) is 5.32. The van der Waals surface area contributed by atoms with Crippen molar-refractivity contribution >= 4 is 22.4 Å². The summed E-state index contributed by atoms with van der Waals surface area (Å²) >= 11 is 1.44. The Morgan fingerprint density at radius 2 is 2.29 bits per heavy atom. The van der Waals surface area contributed by atoms with Crippen molar-refractivity contribution in [3.05, 3.63) is 29.5 Å². The topological polar surface area (TPSA) is 73.9 Å². The summed E-state index contributed by atoms with van der Waals surface area (Å²) in [5.74, 6) is 0.544. The highest BCUT2D eigenvalue weighted by molar-refractivity contribution is 7.13. The number of carbonyl (C=O) groups excluding carboxylic acids is 1. The maximum atomic E-state index is 12.2. The molecule has 0 saturated carbocycles. The molecule has 1 saturated heterocycles. The van der Waals surface area contributed by atoms with E-state index >= 15 is 0 Å².